The highest BCUT2D eigenvalue weighted by atomic mass is 16.5. The van der Waals surface area contributed by atoms with Crippen LogP contribution in [0.3, 0.4) is 0 Å². The van der Waals surface area contributed by atoms with E-state index in [1.165, 1.54) is 6.92 Å². The summed E-state index contributed by atoms with van der Waals surface area (Å²) in [6, 6.07) is 11.7. The molecule has 1 saturated heterocycles. The summed E-state index contributed by atoms with van der Waals surface area (Å²) >= 11 is 0. The van der Waals surface area contributed by atoms with Gasteiger partial charge in [0.15, 0.2) is 0 Å². The van der Waals surface area contributed by atoms with E-state index >= 15 is 0 Å². The van der Waals surface area contributed by atoms with Crippen LogP contribution < -0.4 is 21.7 Å². The third-order valence-electron chi connectivity index (χ3n) is 5.61. The standard InChI is InChI=1S/C24H31N5O5/c1-16(23(32)26-14-18-7-4-6-17-5-2-3-8-19(17)18)27-24(33)20(13-21(25)30)28-22(31)15-29-9-11-34-12-10-29/h2-8,16,20H,9-15H2,1H3,(H2,25,30)(H,26,32)(H,27,33)(H,28,31)/t16-,20-/m0/s1. The van der Waals surface area contributed by atoms with Gasteiger partial charge in [0, 0.05) is 19.6 Å². The maximum Gasteiger partial charge on any atom is 0.243 e. The summed E-state index contributed by atoms with van der Waals surface area (Å²) in [5.74, 6) is -2.18. The molecular formula is C24H31N5O5. The van der Waals surface area contributed by atoms with Gasteiger partial charge in [-0.05, 0) is 23.3 Å². The molecule has 0 radical (unpaired) electrons. The number of hydrogen-bond acceptors (Lipinski definition) is 6. The first-order valence-corrected chi connectivity index (χ1v) is 11.3. The van der Waals surface area contributed by atoms with Gasteiger partial charge in [-0.3, -0.25) is 24.1 Å². The zero-order valence-corrected chi connectivity index (χ0v) is 19.2. The van der Waals surface area contributed by atoms with Crippen LogP contribution in [0.1, 0.15) is 18.9 Å². The number of nitrogens with one attached hydrogen (secondary N) is 3. The molecule has 0 saturated carbocycles. The second kappa shape index (κ2) is 12.1. The van der Waals surface area contributed by atoms with Crippen LogP contribution in [-0.2, 0) is 30.5 Å². The second-order valence-corrected chi connectivity index (χ2v) is 8.27. The molecular weight excluding hydrogens is 438 g/mol. The van der Waals surface area contributed by atoms with E-state index in [4.69, 9.17) is 10.5 Å². The number of morpholine rings is 1. The summed E-state index contributed by atoms with van der Waals surface area (Å²) in [6.07, 6.45) is -0.370. The van der Waals surface area contributed by atoms with Crippen molar-refractivity contribution < 1.29 is 23.9 Å². The van der Waals surface area contributed by atoms with Crippen molar-refractivity contribution in [2.45, 2.75) is 32.0 Å². The Labute approximate surface area is 198 Å². The molecule has 2 aromatic rings. The number of rotatable bonds is 10. The van der Waals surface area contributed by atoms with Gasteiger partial charge in [-0.25, -0.2) is 0 Å². The summed E-state index contributed by atoms with van der Waals surface area (Å²) in [4.78, 5) is 51.1. The third kappa shape index (κ3) is 7.26. The number of hydrogen-bond donors (Lipinski definition) is 4. The van der Waals surface area contributed by atoms with E-state index in [2.05, 4.69) is 16.0 Å². The van der Waals surface area contributed by atoms with Crippen LogP contribution in [0.4, 0.5) is 0 Å². The number of nitrogens with two attached hydrogens (primary N) is 1. The molecule has 1 fully saturated rings. The monoisotopic (exact) mass is 469 g/mol. The molecule has 1 aliphatic rings. The van der Waals surface area contributed by atoms with E-state index in [9.17, 15) is 19.2 Å². The first-order valence-electron chi connectivity index (χ1n) is 11.3. The van der Waals surface area contributed by atoms with E-state index in [0.29, 0.717) is 32.8 Å². The largest absolute Gasteiger partial charge is 0.379 e. The molecule has 0 bridgehead atoms. The van der Waals surface area contributed by atoms with Gasteiger partial charge < -0.3 is 26.4 Å². The van der Waals surface area contributed by atoms with Gasteiger partial charge in [0.25, 0.3) is 0 Å². The smallest absolute Gasteiger partial charge is 0.243 e. The minimum Gasteiger partial charge on any atom is -0.379 e. The summed E-state index contributed by atoms with van der Waals surface area (Å²) < 4.78 is 5.25. The van der Waals surface area contributed by atoms with Crippen molar-refractivity contribution in [2.24, 2.45) is 5.73 Å². The molecule has 10 heteroatoms. The lowest BCUT2D eigenvalue weighted by atomic mass is 10.0. The van der Waals surface area contributed by atoms with Crippen molar-refractivity contribution in [3.05, 3.63) is 48.0 Å². The predicted molar refractivity (Wildman–Crippen MR) is 126 cm³/mol. The van der Waals surface area contributed by atoms with E-state index in [1.807, 2.05) is 47.4 Å². The number of carbonyl (C=O) groups excluding carboxylic acids is 4. The summed E-state index contributed by atoms with van der Waals surface area (Å²) in [7, 11) is 0. The zero-order chi connectivity index (χ0) is 24.5. The fourth-order valence-electron chi connectivity index (χ4n) is 3.77. The summed E-state index contributed by atoms with van der Waals surface area (Å²) in [6.45, 7) is 4.18. The van der Waals surface area contributed by atoms with Crippen molar-refractivity contribution in [3.63, 3.8) is 0 Å². The number of benzene rings is 2. The van der Waals surface area contributed by atoms with Crippen LogP contribution >= 0.6 is 0 Å². The fourth-order valence-corrected chi connectivity index (χ4v) is 3.77. The van der Waals surface area contributed by atoms with Crippen molar-refractivity contribution in [3.8, 4) is 0 Å². The van der Waals surface area contributed by atoms with E-state index in [0.717, 1.165) is 16.3 Å². The molecule has 3 rings (SSSR count). The highest BCUT2D eigenvalue weighted by Crippen LogP contribution is 2.18. The van der Waals surface area contributed by atoms with E-state index in [-0.39, 0.29) is 13.0 Å². The highest BCUT2D eigenvalue weighted by molar-refractivity contribution is 5.95. The van der Waals surface area contributed by atoms with Gasteiger partial charge in [0.05, 0.1) is 26.2 Å². The molecule has 2 atom stereocenters. The van der Waals surface area contributed by atoms with Crippen LogP contribution in [0.25, 0.3) is 10.8 Å². The second-order valence-electron chi connectivity index (χ2n) is 8.27. The zero-order valence-electron chi connectivity index (χ0n) is 19.2. The molecule has 1 heterocycles. The minimum atomic E-state index is -1.17. The number of primary amides is 1. The molecule has 0 aromatic heterocycles. The van der Waals surface area contributed by atoms with Crippen molar-refractivity contribution in [1.82, 2.24) is 20.9 Å². The quantitative estimate of drug-likeness (QED) is 0.375. The molecule has 0 aliphatic carbocycles. The Hall–Kier alpha value is -3.50. The van der Waals surface area contributed by atoms with Gasteiger partial charge in [0.2, 0.25) is 23.6 Å². The number of ether oxygens (including phenoxy) is 1. The Morgan fingerprint density at radius 2 is 1.71 bits per heavy atom. The predicted octanol–water partition coefficient (Wildman–Crippen LogP) is -0.347. The van der Waals surface area contributed by atoms with Gasteiger partial charge >= 0.3 is 0 Å². The Morgan fingerprint density at radius 3 is 2.44 bits per heavy atom. The molecule has 2 aromatic carbocycles. The normalized spacial score (nSPS) is 15.8. The van der Waals surface area contributed by atoms with Crippen LogP contribution in [0, 0.1) is 0 Å². The molecule has 4 amide bonds. The first-order chi connectivity index (χ1) is 16.3. The Balaban J connectivity index is 1.54. The third-order valence-corrected chi connectivity index (χ3v) is 5.61. The number of carbonyl (C=O) groups is 4. The lowest BCUT2D eigenvalue weighted by molar-refractivity contribution is -0.133. The molecule has 0 unspecified atom stereocenters. The van der Waals surface area contributed by atoms with Crippen molar-refractivity contribution >= 4 is 34.4 Å². The number of amides is 4. The molecule has 1 aliphatic heterocycles. The average molecular weight is 470 g/mol. The van der Waals surface area contributed by atoms with Crippen molar-refractivity contribution in [2.75, 3.05) is 32.8 Å². The van der Waals surface area contributed by atoms with Crippen LogP contribution in [0.2, 0.25) is 0 Å². The number of fused-ring (bicyclic) bond motifs is 1. The Morgan fingerprint density at radius 1 is 1.00 bits per heavy atom. The Bertz CT molecular complexity index is 1030. The minimum absolute atomic E-state index is 0.0764. The summed E-state index contributed by atoms with van der Waals surface area (Å²) in [5, 5.41) is 10.0. The Kier molecular flexibility index (Phi) is 8.94. The van der Waals surface area contributed by atoms with Crippen LogP contribution in [-0.4, -0.2) is 73.5 Å². The topological polar surface area (TPSA) is 143 Å². The van der Waals surface area contributed by atoms with Crippen molar-refractivity contribution in [1.29, 1.82) is 0 Å². The molecule has 182 valence electrons. The molecule has 0 spiro atoms. The fraction of sp³-hybridized carbons (Fsp3) is 0.417. The van der Waals surface area contributed by atoms with Gasteiger partial charge in [-0.2, -0.15) is 0 Å². The highest BCUT2D eigenvalue weighted by Gasteiger charge is 2.27. The number of nitrogens with zero attached hydrogens (tertiary/aromatic N) is 1. The maximum atomic E-state index is 12.7. The summed E-state index contributed by atoms with van der Waals surface area (Å²) in [5.41, 5.74) is 6.21. The molecule has 10 nitrogen and oxygen atoms in total. The maximum absolute atomic E-state index is 12.7. The first kappa shape index (κ1) is 25.1. The lowest BCUT2D eigenvalue weighted by Crippen LogP contribution is -2.55. The van der Waals surface area contributed by atoms with Gasteiger partial charge in [-0.15, -0.1) is 0 Å². The lowest BCUT2D eigenvalue weighted by Gasteiger charge is -2.27. The molecule has 5 N–H and O–H groups in total. The van der Waals surface area contributed by atoms with Crippen LogP contribution in [0.15, 0.2) is 42.5 Å². The van der Waals surface area contributed by atoms with Gasteiger partial charge in [-0.1, -0.05) is 42.5 Å². The van der Waals surface area contributed by atoms with Gasteiger partial charge in [0.1, 0.15) is 12.1 Å². The average Bonchev–Trinajstić information content (AvgIpc) is 2.82. The van der Waals surface area contributed by atoms with E-state index in [1.54, 1.807) is 0 Å². The van der Waals surface area contributed by atoms with E-state index < -0.39 is 35.7 Å². The van der Waals surface area contributed by atoms with Crippen LogP contribution in [0.5, 0.6) is 0 Å². The molecule has 34 heavy (non-hydrogen) atoms. The SMILES string of the molecule is C[C@H](NC(=O)[C@H](CC(N)=O)NC(=O)CN1CCOCC1)C(=O)NCc1cccc2ccccc12.